The highest BCUT2D eigenvalue weighted by Gasteiger charge is 2.24. The van der Waals surface area contributed by atoms with Gasteiger partial charge < -0.3 is 25.8 Å². The zero-order chi connectivity index (χ0) is 30.0. The van der Waals surface area contributed by atoms with E-state index in [4.69, 9.17) is 9.97 Å². The topological polar surface area (TPSA) is 106 Å². The predicted molar refractivity (Wildman–Crippen MR) is 177 cm³/mol. The number of carbonyl (C=O) groups is 1. The molecule has 3 heterocycles. The monoisotopic (exact) mass is 597 g/mol. The van der Waals surface area contributed by atoms with Crippen molar-refractivity contribution in [1.29, 1.82) is 0 Å². The summed E-state index contributed by atoms with van der Waals surface area (Å²) < 4.78 is 2.15. The lowest BCUT2D eigenvalue weighted by atomic mass is 9.95. The number of hydrogen-bond acceptors (Lipinski definition) is 7. The van der Waals surface area contributed by atoms with E-state index in [0.29, 0.717) is 25.6 Å². The Labute approximate surface area is 260 Å². The first-order valence-electron chi connectivity index (χ1n) is 16.5. The highest BCUT2D eigenvalue weighted by molar-refractivity contribution is 5.94. The van der Waals surface area contributed by atoms with E-state index in [0.717, 1.165) is 79.7 Å². The van der Waals surface area contributed by atoms with Crippen LogP contribution in [-0.4, -0.2) is 82.4 Å². The van der Waals surface area contributed by atoms with Crippen LogP contribution < -0.4 is 20.9 Å². The summed E-state index contributed by atoms with van der Waals surface area (Å²) in [4.78, 5) is 26.9. The van der Waals surface area contributed by atoms with E-state index in [-0.39, 0.29) is 5.91 Å². The number of aromatic amines is 1. The van der Waals surface area contributed by atoms with Gasteiger partial charge in [-0.3, -0.25) is 14.6 Å². The number of hydrogen-bond donors (Lipinski definition) is 4. The average molecular weight is 598 g/mol. The molecule has 1 aliphatic heterocycles. The quantitative estimate of drug-likeness (QED) is 0.157. The van der Waals surface area contributed by atoms with Crippen molar-refractivity contribution in [2.75, 3.05) is 56.0 Å². The van der Waals surface area contributed by atoms with Crippen LogP contribution in [0.1, 0.15) is 61.0 Å². The highest BCUT2D eigenvalue weighted by Crippen LogP contribution is 2.27. The number of amides is 1. The first-order chi connectivity index (χ1) is 21.7. The maximum absolute atomic E-state index is 12.9. The maximum atomic E-state index is 12.9. The molecule has 1 saturated heterocycles. The van der Waals surface area contributed by atoms with Crippen molar-refractivity contribution in [2.45, 2.75) is 64.1 Å². The Morgan fingerprint density at radius 3 is 2.43 bits per heavy atom. The van der Waals surface area contributed by atoms with Crippen molar-refractivity contribution in [1.82, 2.24) is 35.3 Å². The third-order valence-corrected chi connectivity index (χ3v) is 8.83. The summed E-state index contributed by atoms with van der Waals surface area (Å²) in [5.74, 6) is 1.62. The van der Waals surface area contributed by atoms with Gasteiger partial charge in [0.1, 0.15) is 5.82 Å². The van der Waals surface area contributed by atoms with Crippen LogP contribution >= 0.6 is 0 Å². The number of benzene rings is 2. The molecule has 1 amide bonds. The SMILES string of the molecule is O=C(c1ccccc1)N1CCN(c2nc(NCc3cn(CCCNCCCNC4CCCCC4)[nH]3)nc3ccccc23)CC1. The van der Waals surface area contributed by atoms with Gasteiger partial charge in [0.15, 0.2) is 0 Å². The molecular weight excluding hydrogens is 550 g/mol. The fourth-order valence-corrected chi connectivity index (χ4v) is 6.34. The first-order valence-corrected chi connectivity index (χ1v) is 16.5. The minimum atomic E-state index is 0.0873. The number of H-pyrrole nitrogens is 1. The van der Waals surface area contributed by atoms with Crippen molar-refractivity contribution < 1.29 is 4.79 Å². The molecule has 10 nitrogen and oxygen atoms in total. The molecule has 0 radical (unpaired) electrons. The fraction of sp³-hybridized carbons (Fsp3) is 0.500. The second kappa shape index (κ2) is 15.2. The summed E-state index contributed by atoms with van der Waals surface area (Å²) in [5.41, 5.74) is 2.78. The molecule has 44 heavy (non-hydrogen) atoms. The fourth-order valence-electron chi connectivity index (χ4n) is 6.34. The summed E-state index contributed by atoms with van der Waals surface area (Å²) in [5, 5.41) is 15.2. The number of aromatic nitrogens is 4. The molecule has 2 aromatic heterocycles. The second-order valence-electron chi connectivity index (χ2n) is 12.1. The number of nitrogens with one attached hydrogen (secondary N) is 4. The zero-order valence-corrected chi connectivity index (χ0v) is 25.8. The van der Waals surface area contributed by atoms with Crippen molar-refractivity contribution in [3.05, 3.63) is 72.1 Å². The average Bonchev–Trinajstić information content (AvgIpc) is 3.06. The van der Waals surface area contributed by atoms with Gasteiger partial charge in [0.2, 0.25) is 5.95 Å². The minimum absolute atomic E-state index is 0.0873. The molecule has 0 unspecified atom stereocenters. The molecule has 1 saturated carbocycles. The Morgan fingerprint density at radius 1 is 0.864 bits per heavy atom. The standard InChI is InChI=1S/C34H47N9O/c44-33(27-11-3-1-4-12-27)42-23-21-41(22-24-42)32-30-15-7-8-16-31(30)38-34(39-32)37-25-29-26-43(40-29)20-10-18-35-17-9-19-36-28-13-5-2-6-14-28/h1,3-4,7-8,11-12,15-16,26,28,35-36,40H,2,5-6,9-10,13-14,17-25H2,(H,37,38,39). The van der Waals surface area contributed by atoms with Crippen molar-refractivity contribution in [2.24, 2.45) is 0 Å². The molecule has 0 spiro atoms. The summed E-state index contributed by atoms with van der Waals surface area (Å²) in [6, 6.07) is 18.4. The summed E-state index contributed by atoms with van der Waals surface area (Å²) in [6.45, 7) is 7.63. The van der Waals surface area contributed by atoms with Crippen molar-refractivity contribution >= 4 is 28.6 Å². The van der Waals surface area contributed by atoms with E-state index >= 15 is 0 Å². The maximum Gasteiger partial charge on any atom is 0.253 e. The van der Waals surface area contributed by atoms with E-state index in [2.05, 4.69) is 42.9 Å². The zero-order valence-electron chi connectivity index (χ0n) is 25.8. The van der Waals surface area contributed by atoms with Gasteiger partial charge in [0.25, 0.3) is 5.91 Å². The molecule has 4 N–H and O–H groups in total. The molecular formula is C34H47N9O. The number of fused-ring (bicyclic) bond motifs is 1. The summed E-state index contributed by atoms with van der Waals surface area (Å²) >= 11 is 0. The number of anilines is 2. The van der Waals surface area contributed by atoms with Crippen LogP contribution in [0, 0.1) is 0 Å². The van der Waals surface area contributed by atoms with Gasteiger partial charge in [-0.15, -0.1) is 0 Å². The smallest absolute Gasteiger partial charge is 0.253 e. The molecule has 234 valence electrons. The van der Waals surface area contributed by atoms with Crippen molar-refractivity contribution in [3.63, 3.8) is 0 Å². The van der Waals surface area contributed by atoms with Gasteiger partial charge in [0, 0.05) is 55.9 Å². The molecule has 0 bridgehead atoms. The minimum Gasteiger partial charge on any atom is -0.352 e. The lowest BCUT2D eigenvalue weighted by molar-refractivity contribution is 0.0746. The molecule has 2 aromatic carbocycles. The molecule has 4 aromatic rings. The van der Waals surface area contributed by atoms with E-state index in [1.807, 2.05) is 53.4 Å². The summed E-state index contributed by atoms with van der Waals surface area (Å²) in [7, 11) is 0. The first kappa shape index (κ1) is 30.1. The van der Waals surface area contributed by atoms with Gasteiger partial charge in [-0.25, -0.2) is 4.98 Å². The number of piperazine rings is 1. The van der Waals surface area contributed by atoms with Gasteiger partial charge in [-0.2, -0.15) is 4.98 Å². The van der Waals surface area contributed by atoms with Crippen LogP contribution in [-0.2, 0) is 13.1 Å². The molecule has 1 aliphatic carbocycles. The van der Waals surface area contributed by atoms with E-state index in [9.17, 15) is 4.79 Å². The largest absolute Gasteiger partial charge is 0.352 e. The van der Waals surface area contributed by atoms with Crippen LogP contribution in [0.4, 0.5) is 11.8 Å². The molecule has 2 fully saturated rings. The van der Waals surface area contributed by atoms with Crippen molar-refractivity contribution in [3.8, 4) is 0 Å². The van der Waals surface area contributed by atoms with E-state index < -0.39 is 0 Å². The third-order valence-electron chi connectivity index (χ3n) is 8.83. The third kappa shape index (κ3) is 7.98. The second-order valence-corrected chi connectivity index (χ2v) is 12.1. The summed E-state index contributed by atoms with van der Waals surface area (Å²) in [6.07, 6.45) is 11.4. The Balaban J connectivity index is 0.936. The number of rotatable bonds is 14. The highest BCUT2D eigenvalue weighted by atomic mass is 16.2. The normalized spacial score (nSPS) is 16.1. The number of nitrogens with zero attached hydrogens (tertiary/aromatic N) is 5. The van der Waals surface area contributed by atoms with E-state index in [1.165, 1.54) is 38.5 Å². The van der Waals surface area contributed by atoms with Crippen LogP contribution in [0.5, 0.6) is 0 Å². The van der Waals surface area contributed by atoms with Gasteiger partial charge in [0.05, 0.1) is 17.8 Å². The lowest BCUT2D eigenvalue weighted by Gasteiger charge is -2.36. The Morgan fingerprint density at radius 2 is 1.61 bits per heavy atom. The molecule has 2 aliphatic rings. The molecule has 0 atom stereocenters. The Bertz CT molecular complexity index is 1440. The Kier molecular flexibility index (Phi) is 10.4. The van der Waals surface area contributed by atoms with Gasteiger partial charge >= 0.3 is 0 Å². The number of para-hydroxylation sites is 1. The number of carbonyl (C=O) groups excluding carboxylic acids is 1. The predicted octanol–water partition coefficient (Wildman–Crippen LogP) is 4.63. The van der Waals surface area contributed by atoms with Crippen LogP contribution in [0.15, 0.2) is 60.8 Å². The number of aryl methyl sites for hydroxylation is 1. The van der Waals surface area contributed by atoms with Crippen LogP contribution in [0.2, 0.25) is 0 Å². The lowest BCUT2D eigenvalue weighted by Crippen LogP contribution is -2.49. The van der Waals surface area contributed by atoms with Gasteiger partial charge in [-0.05, 0) is 69.6 Å². The van der Waals surface area contributed by atoms with Crippen LogP contribution in [0.3, 0.4) is 0 Å². The van der Waals surface area contributed by atoms with Crippen LogP contribution in [0.25, 0.3) is 10.9 Å². The van der Waals surface area contributed by atoms with E-state index in [1.54, 1.807) is 0 Å². The Hall–Kier alpha value is -3.89. The molecule has 6 rings (SSSR count). The molecule has 10 heteroatoms. The van der Waals surface area contributed by atoms with Gasteiger partial charge in [-0.1, -0.05) is 49.6 Å².